The van der Waals surface area contributed by atoms with E-state index in [-0.39, 0.29) is 5.97 Å². The highest BCUT2D eigenvalue weighted by molar-refractivity contribution is 7.80. The molecule has 0 amide bonds. The van der Waals surface area contributed by atoms with Gasteiger partial charge in [-0.1, -0.05) is 19.3 Å². The maximum Gasteiger partial charge on any atom is 0.341 e. The average molecular weight is 355 g/mol. The van der Waals surface area contributed by atoms with Gasteiger partial charge in [0.15, 0.2) is 5.11 Å². The van der Waals surface area contributed by atoms with E-state index in [1.54, 1.807) is 11.3 Å². The molecule has 128 valence electrons. The normalized spacial score (nSPS) is 15.3. The van der Waals surface area contributed by atoms with Crippen molar-refractivity contribution in [3.8, 4) is 0 Å². The number of nitrogens with zero attached hydrogens (tertiary/aromatic N) is 1. The van der Waals surface area contributed by atoms with Crippen molar-refractivity contribution in [3.63, 3.8) is 0 Å². The topological polar surface area (TPSA) is 41.6 Å². The number of thiocarbonyl (C=S) groups is 1. The Balaban J connectivity index is 2.14. The minimum Gasteiger partial charge on any atom is -0.462 e. The van der Waals surface area contributed by atoms with Crippen molar-refractivity contribution in [1.82, 2.24) is 4.90 Å². The number of carbonyl (C=O) groups excluding carboxylic acids is 1. The maximum atomic E-state index is 12.2. The van der Waals surface area contributed by atoms with Gasteiger partial charge in [-0.05, 0) is 51.4 Å². The van der Waals surface area contributed by atoms with Crippen LogP contribution >= 0.6 is 23.6 Å². The van der Waals surface area contributed by atoms with Gasteiger partial charge in [-0.3, -0.25) is 0 Å². The predicted molar refractivity (Wildman–Crippen MR) is 101 cm³/mol. The molecule has 1 heterocycles. The number of hydrogen-bond acceptors (Lipinski definition) is 4. The summed E-state index contributed by atoms with van der Waals surface area (Å²) in [5.74, 6) is -0.278. The SMILES string of the molecule is CCOC(=O)c1c(NC(=S)N(C)C2CCCCC2)sc(C)c1C. The van der Waals surface area contributed by atoms with Crippen LogP contribution < -0.4 is 5.32 Å². The summed E-state index contributed by atoms with van der Waals surface area (Å²) in [6.07, 6.45) is 6.23. The molecule has 1 aromatic heterocycles. The molecule has 2 rings (SSSR count). The zero-order chi connectivity index (χ0) is 17.0. The summed E-state index contributed by atoms with van der Waals surface area (Å²) in [4.78, 5) is 15.5. The van der Waals surface area contributed by atoms with Crippen LogP contribution in [0.4, 0.5) is 5.00 Å². The van der Waals surface area contributed by atoms with Crippen molar-refractivity contribution in [3.05, 3.63) is 16.0 Å². The van der Waals surface area contributed by atoms with Crippen LogP contribution in [0.2, 0.25) is 0 Å². The Kier molecular flexibility index (Phi) is 6.41. The number of nitrogens with one attached hydrogen (secondary N) is 1. The number of hydrogen-bond donors (Lipinski definition) is 1. The lowest BCUT2D eigenvalue weighted by atomic mass is 9.95. The molecule has 0 unspecified atom stereocenters. The molecule has 23 heavy (non-hydrogen) atoms. The minimum atomic E-state index is -0.278. The number of ether oxygens (including phenoxy) is 1. The zero-order valence-corrected chi connectivity index (χ0v) is 16.0. The molecular weight excluding hydrogens is 328 g/mol. The van der Waals surface area contributed by atoms with E-state index in [9.17, 15) is 4.79 Å². The molecule has 0 aliphatic heterocycles. The molecule has 0 bridgehead atoms. The molecule has 1 saturated carbocycles. The van der Waals surface area contributed by atoms with Gasteiger partial charge in [-0.15, -0.1) is 11.3 Å². The molecule has 1 fully saturated rings. The lowest BCUT2D eigenvalue weighted by Gasteiger charge is -2.33. The standard InChI is InChI=1S/C17H26N2O2S2/c1-5-21-16(20)14-11(2)12(3)23-15(14)18-17(22)19(4)13-9-7-6-8-10-13/h13H,5-10H2,1-4H3,(H,18,22). The number of carbonyl (C=O) groups is 1. The zero-order valence-electron chi connectivity index (χ0n) is 14.4. The monoisotopic (exact) mass is 354 g/mol. The Morgan fingerprint density at radius 1 is 1.35 bits per heavy atom. The van der Waals surface area contributed by atoms with Gasteiger partial charge in [-0.2, -0.15) is 0 Å². The quantitative estimate of drug-likeness (QED) is 0.637. The highest BCUT2D eigenvalue weighted by Crippen LogP contribution is 2.33. The summed E-state index contributed by atoms with van der Waals surface area (Å²) in [7, 11) is 2.04. The third-order valence-electron chi connectivity index (χ3n) is 4.53. The largest absolute Gasteiger partial charge is 0.462 e. The summed E-state index contributed by atoms with van der Waals surface area (Å²) in [5, 5.41) is 4.76. The molecule has 0 spiro atoms. The molecule has 0 atom stereocenters. The van der Waals surface area contributed by atoms with E-state index < -0.39 is 0 Å². The van der Waals surface area contributed by atoms with E-state index in [1.807, 2.05) is 27.8 Å². The van der Waals surface area contributed by atoms with Gasteiger partial charge >= 0.3 is 5.97 Å². The third kappa shape index (κ3) is 4.23. The molecule has 1 aliphatic rings. The third-order valence-corrected chi connectivity index (χ3v) is 6.04. The molecule has 1 N–H and O–H groups in total. The lowest BCUT2D eigenvalue weighted by Crippen LogP contribution is -2.40. The summed E-state index contributed by atoms with van der Waals surface area (Å²) >= 11 is 7.13. The van der Waals surface area contributed by atoms with Gasteiger partial charge in [0.25, 0.3) is 0 Å². The molecule has 0 aromatic carbocycles. The van der Waals surface area contributed by atoms with Crippen molar-refractivity contribution in [1.29, 1.82) is 0 Å². The van der Waals surface area contributed by atoms with Gasteiger partial charge < -0.3 is 15.0 Å². The van der Waals surface area contributed by atoms with E-state index in [0.29, 0.717) is 23.3 Å². The first kappa shape index (κ1) is 18.2. The molecule has 0 saturated heterocycles. The highest BCUT2D eigenvalue weighted by Gasteiger charge is 2.24. The smallest absolute Gasteiger partial charge is 0.341 e. The Morgan fingerprint density at radius 2 is 2.00 bits per heavy atom. The first-order valence-electron chi connectivity index (χ1n) is 8.26. The van der Waals surface area contributed by atoms with Crippen LogP contribution in [0, 0.1) is 13.8 Å². The second-order valence-electron chi connectivity index (χ2n) is 6.04. The first-order valence-corrected chi connectivity index (χ1v) is 9.49. The fourth-order valence-electron chi connectivity index (χ4n) is 2.98. The van der Waals surface area contributed by atoms with Crippen LogP contribution in [0.1, 0.15) is 59.8 Å². The first-order chi connectivity index (χ1) is 11.0. The summed E-state index contributed by atoms with van der Waals surface area (Å²) in [6.45, 7) is 6.17. The number of aryl methyl sites for hydroxylation is 1. The van der Waals surface area contributed by atoms with Gasteiger partial charge in [0.1, 0.15) is 5.00 Å². The van der Waals surface area contributed by atoms with Crippen LogP contribution in [0.3, 0.4) is 0 Å². The van der Waals surface area contributed by atoms with Crippen molar-refractivity contribution in [2.75, 3.05) is 19.0 Å². The number of thiophene rings is 1. The fraction of sp³-hybridized carbons (Fsp3) is 0.647. The van der Waals surface area contributed by atoms with Gasteiger partial charge in [0.05, 0.1) is 12.2 Å². The Morgan fingerprint density at radius 3 is 2.61 bits per heavy atom. The number of rotatable bonds is 4. The maximum absolute atomic E-state index is 12.2. The van der Waals surface area contributed by atoms with Crippen molar-refractivity contribution >= 4 is 39.6 Å². The molecule has 0 radical (unpaired) electrons. The van der Waals surface area contributed by atoms with E-state index in [1.165, 1.54) is 32.1 Å². The van der Waals surface area contributed by atoms with Crippen LogP contribution in [0.15, 0.2) is 0 Å². The van der Waals surface area contributed by atoms with Crippen molar-refractivity contribution in [2.45, 2.75) is 58.9 Å². The molecular formula is C17H26N2O2S2. The van der Waals surface area contributed by atoms with Crippen LogP contribution in [-0.2, 0) is 4.74 Å². The fourth-order valence-corrected chi connectivity index (χ4v) is 4.35. The van der Waals surface area contributed by atoms with E-state index in [2.05, 4.69) is 10.2 Å². The number of anilines is 1. The molecule has 4 nitrogen and oxygen atoms in total. The van der Waals surface area contributed by atoms with Gasteiger partial charge in [-0.25, -0.2) is 4.79 Å². The van der Waals surface area contributed by atoms with Crippen LogP contribution in [0.25, 0.3) is 0 Å². The summed E-state index contributed by atoms with van der Waals surface area (Å²) in [6, 6.07) is 0.497. The Labute approximate surface area is 148 Å². The van der Waals surface area contributed by atoms with Crippen molar-refractivity contribution in [2.24, 2.45) is 0 Å². The van der Waals surface area contributed by atoms with Gasteiger partial charge in [0.2, 0.25) is 0 Å². The summed E-state index contributed by atoms with van der Waals surface area (Å²) in [5.41, 5.74) is 1.59. The van der Waals surface area contributed by atoms with Crippen molar-refractivity contribution < 1.29 is 9.53 Å². The van der Waals surface area contributed by atoms with Gasteiger partial charge in [0, 0.05) is 18.0 Å². The number of esters is 1. The highest BCUT2D eigenvalue weighted by atomic mass is 32.1. The minimum absolute atomic E-state index is 0.278. The average Bonchev–Trinajstić information content (AvgIpc) is 2.82. The van der Waals surface area contributed by atoms with Crippen LogP contribution in [0.5, 0.6) is 0 Å². The lowest BCUT2D eigenvalue weighted by molar-refractivity contribution is 0.0527. The molecule has 1 aliphatic carbocycles. The van der Waals surface area contributed by atoms with E-state index in [0.717, 1.165) is 15.4 Å². The summed E-state index contributed by atoms with van der Waals surface area (Å²) < 4.78 is 5.19. The van der Waals surface area contributed by atoms with E-state index >= 15 is 0 Å². The second kappa shape index (κ2) is 8.11. The second-order valence-corrected chi connectivity index (χ2v) is 7.65. The predicted octanol–water partition coefficient (Wildman–Crippen LogP) is 4.50. The Bertz CT molecular complexity index is 577. The van der Waals surface area contributed by atoms with E-state index in [4.69, 9.17) is 17.0 Å². The Hall–Kier alpha value is -1.14. The molecule has 6 heteroatoms. The van der Waals surface area contributed by atoms with Crippen LogP contribution in [-0.4, -0.2) is 35.7 Å². The molecule has 1 aromatic rings.